The molecule has 0 bridgehead atoms. The average Bonchev–Trinajstić information content (AvgIpc) is 2.75. The second kappa shape index (κ2) is 21.6. The summed E-state index contributed by atoms with van der Waals surface area (Å²) in [5, 5.41) is 0. The van der Waals surface area contributed by atoms with Gasteiger partial charge in [0.1, 0.15) is 6.29 Å². The van der Waals surface area contributed by atoms with Gasteiger partial charge in [0.25, 0.3) is 0 Å². The minimum absolute atomic E-state index is 0.753. The third-order valence-electron chi connectivity index (χ3n) is 5.72. The molecular weight excluding hydrogens is 356 g/mol. The summed E-state index contributed by atoms with van der Waals surface area (Å²) in [6.45, 7) is 1.65. The molecule has 0 radical (unpaired) electrons. The third kappa shape index (κ3) is 18.6. The number of carbonyl (C=O) groups is 1. The minimum atomic E-state index is 0.753. The SMILES string of the molecule is O=CCCCCCCCCCCCCCCCCCCCOCc1ccccc1. The summed E-state index contributed by atoms with van der Waals surface area (Å²) >= 11 is 0. The molecule has 0 fully saturated rings. The Labute approximate surface area is 180 Å². The summed E-state index contributed by atoms with van der Waals surface area (Å²) in [6, 6.07) is 10.4. The van der Waals surface area contributed by atoms with Gasteiger partial charge >= 0.3 is 0 Å². The Hall–Kier alpha value is -1.15. The summed E-state index contributed by atoms with van der Waals surface area (Å²) in [5.74, 6) is 0. The lowest BCUT2D eigenvalue weighted by molar-refractivity contribution is -0.107. The standard InChI is InChI=1S/C27H46O2/c28-24-20-15-13-11-9-7-5-3-1-2-4-6-8-10-12-14-16-21-25-29-26-27-22-18-17-19-23-27/h17-19,22-24H,1-16,20-21,25-26H2. The molecule has 0 saturated heterocycles. The van der Waals surface area contributed by atoms with E-state index in [-0.39, 0.29) is 0 Å². The lowest BCUT2D eigenvalue weighted by atomic mass is 10.0. The molecule has 29 heavy (non-hydrogen) atoms. The molecule has 0 saturated carbocycles. The van der Waals surface area contributed by atoms with Gasteiger partial charge < -0.3 is 9.53 Å². The average molecular weight is 403 g/mol. The van der Waals surface area contributed by atoms with Gasteiger partial charge in [0.2, 0.25) is 0 Å². The van der Waals surface area contributed by atoms with Gasteiger partial charge in [-0.1, -0.05) is 127 Å². The maximum absolute atomic E-state index is 10.2. The number of unbranched alkanes of at least 4 members (excludes halogenated alkanes) is 17. The zero-order valence-corrected chi connectivity index (χ0v) is 18.9. The van der Waals surface area contributed by atoms with Gasteiger partial charge in [0.15, 0.2) is 0 Å². The molecule has 0 aliphatic rings. The first-order valence-corrected chi connectivity index (χ1v) is 12.5. The lowest BCUT2D eigenvalue weighted by Gasteiger charge is -2.05. The molecule has 0 N–H and O–H groups in total. The van der Waals surface area contributed by atoms with Crippen LogP contribution < -0.4 is 0 Å². The molecular formula is C27H46O2. The van der Waals surface area contributed by atoms with Crippen LogP contribution in [0.15, 0.2) is 30.3 Å². The normalized spacial score (nSPS) is 11.0. The largest absolute Gasteiger partial charge is 0.377 e. The Bertz CT molecular complexity index is 443. The molecule has 0 aromatic heterocycles. The van der Waals surface area contributed by atoms with Crippen LogP contribution >= 0.6 is 0 Å². The summed E-state index contributed by atoms with van der Waals surface area (Å²) in [6.07, 6.45) is 24.8. The van der Waals surface area contributed by atoms with Crippen molar-refractivity contribution < 1.29 is 9.53 Å². The van der Waals surface area contributed by atoms with Gasteiger partial charge in [0, 0.05) is 13.0 Å². The highest BCUT2D eigenvalue weighted by Crippen LogP contribution is 2.14. The van der Waals surface area contributed by atoms with E-state index in [2.05, 4.69) is 24.3 Å². The van der Waals surface area contributed by atoms with E-state index in [0.29, 0.717) is 0 Å². The van der Waals surface area contributed by atoms with E-state index >= 15 is 0 Å². The molecule has 2 nitrogen and oxygen atoms in total. The molecule has 2 heteroatoms. The van der Waals surface area contributed by atoms with Crippen LogP contribution in [0.1, 0.15) is 121 Å². The topological polar surface area (TPSA) is 26.3 Å². The Morgan fingerprint density at radius 2 is 0.966 bits per heavy atom. The van der Waals surface area contributed by atoms with E-state index in [1.807, 2.05) is 6.07 Å². The van der Waals surface area contributed by atoms with Crippen molar-refractivity contribution in [2.75, 3.05) is 6.61 Å². The van der Waals surface area contributed by atoms with E-state index in [1.165, 1.54) is 108 Å². The number of ether oxygens (including phenoxy) is 1. The van der Waals surface area contributed by atoms with E-state index < -0.39 is 0 Å². The smallest absolute Gasteiger partial charge is 0.119 e. The van der Waals surface area contributed by atoms with Crippen LogP contribution in [0.3, 0.4) is 0 Å². The highest BCUT2D eigenvalue weighted by molar-refractivity contribution is 5.48. The Morgan fingerprint density at radius 3 is 1.41 bits per heavy atom. The van der Waals surface area contributed by atoms with Gasteiger partial charge in [0.05, 0.1) is 6.61 Å². The first-order chi connectivity index (χ1) is 14.4. The van der Waals surface area contributed by atoms with E-state index in [0.717, 1.165) is 32.3 Å². The van der Waals surface area contributed by atoms with Crippen molar-refractivity contribution in [2.24, 2.45) is 0 Å². The second-order valence-electron chi connectivity index (χ2n) is 8.50. The lowest BCUT2D eigenvalue weighted by Crippen LogP contribution is -1.95. The molecule has 0 unspecified atom stereocenters. The third-order valence-corrected chi connectivity index (χ3v) is 5.72. The first kappa shape index (κ1) is 25.9. The summed E-state index contributed by atoms with van der Waals surface area (Å²) in [7, 11) is 0. The number of aldehydes is 1. The molecule has 1 aromatic carbocycles. The number of rotatable bonds is 22. The molecule has 166 valence electrons. The van der Waals surface area contributed by atoms with Crippen molar-refractivity contribution in [1.29, 1.82) is 0 Å². The summed E-state index contributed by atoms with van der Waals surface area (Å²) in [4.78, 5) is 10.2. The van der Waals surface area contributed by atoms with Gasteiger partial charge in [-0.3, -0.25) is 0 Å². The second-order valence-corrected chi connectivity index (χ2v) is 8.50. The van der Waals surface area contributed by atoms with Crippen molar-refractivity contribution in [3.8, 4) is 0 Å². The van der Waals surface area contributed by atoms with E-state index in [1.54, 1.807) is 0 Å². The van der Waals surface area contributed by atoms with Gasteiger partial charge in [-0.2, -0.15) is 0 Å². The maximum Gasteiger partial charge on any atom is 0.119 e. The molecule has 1 aromatic rings. The predicted octanol–water partition coefficient (Wildman–Crippen LogP) is 8.42. The zero-order chi connectivity index (χ0) is 20.7. The fraction of sp³-hybridized carbons (Fsp3) is 0.741. The maximum atomic E-state index is 10.2. The van der Waals surface area contributed by atoms with Crippen molar-refractivity contribution in [3.63, 3.8) is 0 Å². The highest BCUT2D eigenvalue weighted by atomic mass is 16.5. The monoisotopic (exact) mass is 402 g/mol. The fourth-order valence-corrected chi connectivity index (χ4v) is 3.85. The first-order valence-electron chi connectivity index (χ1n) is 12.5. The molecule has 0 heterocycles. The molecule has 1 rings (SSSR count). The molecule has 0 aliphatic carbocycles. The molecule has 0 amide bonds. The van der Waals surface area contributed by atoms with Crippen molar-refractivity contribution >= 4 is 6.29 Å². The van der Waals surface area contributed by atoms with Crippen LogP contribution in [0, 0.1) is 0 Å². The molecule has 0 atom stereocenters. The van der Waals surface area contributed by atoms with Crippen LogP contribution in [0.2, 0.25) is 0 Å². The molecule has 0 spiro atoms. The van der Waals surface area contributed by atoms with Gasteiger partial charge in [-0.25, -0.2) is 0 Å². The predicted molar refractivity (Wildman–Crippen MR) is 125 cm³/mol. The van der Waals surface area contributed by atoms with E-state index in [4.69, 9.17) is 4.74 Å². The van der Waals surface area contributed by atoms with Crippen LogP contribution in [-0.2, 0) is 16.1 Å². The van der Waals surface area contributed by atoms with Crippen LogP contribution in [-0.4, -0.2) is 12.9 Å². The van der Waals surface area contributed by atoms with Crippen LogP contribution in [0.4, 0.5) is 0 Å². The van der Waals surface area contributed by atoms with Crippen molar-refractivity contribution in [2.45, 2.75) is 122 Å². The van der Waals surface area contributed by atoms with Crippen molar-refractivity contribution in [1.82, 2.24) is 0 Å². The Kier molecular flexibility index (Phi) is 19.2. The summed E-state index contributed by atoms with van der Waals surface area (Å²) in [5.41, 5.74) is 1.27. The van der Waals surface area contributed by atoms with Crippen LogP contribution in [0.25, 0.3) is 0 Å². The van der Waals surface area contributed by atoms with E-state index in [9.17, 15) is 4.79 Å². The van der Waals surface area contributed by atoms with Gasteiger partial charge in [-0.05, 0) is 18.4 Å². The minimum Gasteiger partial charge on any atom is -0.377 e. The Balaban J connectivity index is 1.66. The number of hydrogen-bond donors (Lipinski definition) is 0. The van der Waals surface area contributed by atoms with Crippen molar-refractivity contribution in [3.05, 3.63) is 35.9 Å². The Morgan fingerprint density at radius 1 is 0.552 bits per heavy atom. The van der Waals surface area contributed by atoms with Crippen LogP contribution in [0.5, 0.6) is 0 Å². The quantitative estimate of drug-likeness (QED) is 0.144. The molecule has 0 aliphatic heterocycles. The number of benzene rings is 1. The highest BCUT2D eigenvalue weighted by Gasteiger charge is 1.96. The van der Waals surface area contributed by atoms with Gasteiger partial charge in [-0.15, -0.1) is 0 Å². The zero-order valence-electron chi connectivity index (χ0n) is 18.9. The number of carbonyl (C=O) groups excluding carboxylic acids is 1. The number of hydrogen-bond acceptors (Lipinski definition) is 2. The fourth-order valence-electron chi connectivity index (χ4n) is 3.85. The summed E-state index contributed by atoms with van der Waals surface area (Å²) < 4.78 is 5.74.